The van der Waals surface area contributed by atoms with E-state index in [-0.39, 0.29) is 0 Å². The lowest BCUT2D eigenvalue weighted by Crippen LogP contribution is -2.45. The number of imidazole rings is 1. The molecule has 0 aliphatic carbocycles. The monoisotopic (exact) mass is 275 g/mol. The molecule has 2 aromatic heterocycles. The quantitative estimate of drug-likeness (QED) is 0.629. The van der Waals surface area contributed by atoms with Crippen molar-refractivity contribution >= 4 is 17.3 Å². The molecule has 1 aliphatic rings. The lowest BCUT2D eigenvalue weighted by atomic mass is 10.1. The van der Waals surface area contributed by atoms with E-state index in [1.165, 1.54) is 19.4 Å². The Morgan fingerprint density at radius 1 is 1.50 bits per heavy atom. The first kappa shape index (κ1) is 13.1. The van der Waals surface area contributed by atoms with Crippen molar-refractivity contribution in [3.63, 3.8) is 0 Å². The number of fused-ring (bicyclic) bond motifs is 1. The van der Waals surface area contributed by atoms with E-state index in [2.05, 4.69) is 39.3 Å². The number of hydrogen-bond acceptors (Lipinski definition) is 6. The number of nitrogens with zero attached hydrogens (tertiary/aromatic N) is 5. The highest BCUT2D eigenvalue weighted by Gasteiger charge is 2.24. The van der Waals surface area contributed by atoms with Gasteiger partial charge in [0.05, 0.1) is 6.20 Å². The van der Waals surface area contributed by atoms with Crippen LogP contribution in [0.25, 0.3) is 5.65 Å². The van der Waals surface area contributed by atoms with Crippen LogP contribution in [-0.4, -0.2) is 52.5 Å². The maximum atomic E-state index is 5.51. The van der Waals surface area contributed by atoms with Crippen LogP contribution in [0.15, 0.2) is 18.6 Å². The Balaban J connectivity index is 1.97. The number of nitrogens with two attached hydrogens (primary N) is 1. The van der Waals surface area contributed by atoms with Crippen LogP contribution in [0.5, 0.6) is 0 Å². The molecule has 3 rings (SSSR count). The highest BCUT2D eigenvalue weighted by molar-refractivity contribution is 5.66. The fraction of sp³-hybridized carbons (Fsp3) is 0.538. The van der Waals surface area contributed by atoms with E-state index in [0.717, 1.165) is 18.0 Å². The van der Waals surface area contributed by atoms with Crippen molar-refractivity contribution in [2.75, 3.05) is 37.5 Å². The van der Waals surface area contributed by atoms with Crippen LogP contribution < -0.4 is 16.2 Å². The van der Waals surface area contributed by atoms with Gasteiger partial charge in [0.2, 0.25) is 0 Å². The van der Waals surface area contributed by atoms with Crippen LogP contribution >= 0.6 is 0 Å². The summed E-state index contributed by atoms with van der Waals surface area (Å²) in [6, 6.07) is 0.453. The zero-order valence-corrected chi connectivity index (χ0v) is 12.0. The molecule has 1 saturated heterocycles. The van der Waals surface area contributed by atoms with Gasteiger partial charge in [-0.2, -0.15) is 0 Å². The van der Waals surface area contributed by atoms with E-state index < -0.39 is 0 Å². The summed E-state index contributed by atoms with van der Waals surface area (Å²) < 4.78 is 1.95. The van der Waals surface area contributed by atoms with Gasteiger partial charge >= 0.3 is 0 Å². The minimum Gasteiger partial charge on any atom is -0.352 e. The van der Waals surface area contributed by atoms with Crippen molar-refractivity contribution in [3.05, 3.63) is 18.6 Å². The molecule has 1 unspecified atom stereocenters. The van der Waals surface area contributed by atoms with Gasteiger partial charge in [-0.25, -0.2) is 15.8 Å². The van der Waals surface area contributed by atoms with Crippen LogP contribution in [0, 0.1) is 0 Å². The molecule has 0 aromatic carbocycles. The third kappa shape index (κ3) is 2.30. The second-order valence-corrected chi connectivity index (χ2v) is 5.42. The molecule has 1 atom stereocenters. The molecule has 0 radical (unpaired) electrons. The Morgan fingerprint density at radius 2 is 2.35 bits per heavy atom. The first-order valence-corrected chi connectivity index (χ1v) is 6.90. The number of anilines is 2. The molecule has 20 heavy (non-hydrogen) atoms. The summed E-state index contributed by atoms with van der Waals surface area (Å²) in [5.41, 5.74) is 3.48. The Kier molecular flexibility index (Phi) is 3.45. The van der Waals surface area contributed by atoms with Gasteiger partial charge in [0.1, 0.15) is 0 Å². The average molecular weight is 275 g/mol. The largest absolute Gasteiger partial charge is 0.352 e. The molecule has 3 heterocycles. The van der Waals surface area contributed by atoms with Crippen LogP contribution in [0.1, 0.15) is 12.8 Å². The van der Waals surface area contributed by atoms with E-state index in [0.29, 0.717) is 11.9 Å². The van der Waals surface area contributed by atoms with E-state index in [1.54, 1.807) is 6.20 Å². The summed E-state index contributed by atoms with van der Waals surface area (Å²) in [6.45, 7) is 2.21. The normalized spacial score (nSPS) is 20.2. The lowest BCUT2D eigenvalue weighted by Gasteiger charge is -2.36. The molecule has 2 aromatic rings. The van der Waals surface area contributed by atoms with Gasteiger partial charge in [0.25, 0.3) is 0 Å². The Labute approximate surface area is 118 Å². The summed E-state index contributed by atoms with van der Waals surface area (Å²) in [4.78, 5) is 13.6. The zero-order valence-electron chi connectivity index (χ0n) is 12.0. The zero-order chi connectivity index (χ0) is 14.1. The smallest absolute Gasteiger partial charge is 0.180 e. The summed E-state index contributed by atoms with van der Waals surface area (Å²) >= 11 is 0. The van der Waals surface area contributed by atoms with E-state index >= 15 is 0 Å². The number of piperidine rings is 1. The third-order valence-corrected chi connectivity index (χ3v) is 3.99. The molecule has 3 N–H and O–H groups in total. The molecule has 1 aliphatic heterocycles. The Bertz CT molecular complexity index is 593. The number of hydrogen-bond donors (Lipinski definition) is 2. The number of likely N-dealkylation sites (N-methyl/N-ethyl adjacent to an activating group) is 2. The molecule has 7 heteroatoms. The van der Waals surface area contributed by atoms with Crippen LogP contribution in [0.3, 0.4) is 0 Å². The predicted octanol–water partition coefficient (Wildman–Crippen LogP) is 0.545. The van der Waals surface area contributed by atoms with Gasteiger partial charge in [0, 0.05) is 32.0 Å². The van der Waals surface area contributed by atoms with Crippen molar-refractivity contribution in [2.24, 2.45) is 5.84 Å². The minimum absolute atomic E-state index is 0.453. The second-order valence-electron chi connectivity index (χ2n) is 5.42. The lowest BCUT2D eigenvalue weighted by molar-refractivity contribution is 0.247. The fourth-order valence-corrected chi connectivity index (χ4v) is 2.85. The van der Waals surface area contributed by atoms with E-state index in [4.69, 9.17) is 5.84 Å². The van der Waals surface area contributed by atoms with Crippen LogP contribution in [-0.2, 0) is 0 Å². The van der Waals surface area contributed by atoms with Crippen LogP contribution in [0.2, 0.25) is 0 Å². The fourth-order valence-electron chi connectivity index (χ4n) is 2.85. The molecule has 0 saturated carbocycles. The first-order chi connectivity index (χ1) is 9.69. The van der Waals surface area contributed by atoms with E-state index in [9.17, 15) is 0 Å². The average Bonchev–Trinajstić information content (AvgIpc) is 2.93. The number of hydrazine groups is 1. The second kappa shape index (κ2) is 5.26. The molecule has 108 valence electrons. The number of likely N-dealkylation sites (tertiary alicyclic amines) is 1. The predicted molar refractivity (Wildman–Crippen MR) is 79.7 cm³/mol. The highest BCUT2D eigenvalue weighted by Crippen LogP contribution is 2.24. The topological polar surface area (TPSA) is 74.7 Å². The van der Waals surface area contributed by atoms with Crippen molar-refractivity contribution in [3.8, 4) is 0 Å². The van der Waals surface area contributed by atoms with Gasteiger partial charge < -0.3 is 19.6 Å². The standard InChI is InChI=1S/C13H21N7/c1-18-6-3-4-10(8-18)19(2)13-12-15-5-7-20(12)9-11(16-13)17-14/h5,7,9-10,17H,3-4,6,8,14H2,1-2H3. The number of aromatic nitrogens is 3. The van der Waals surface area contributed by atoms with Gasteiger partial charge in [-0.05, 0) is 26.4 Å². The van der Waals surface area contributed by atoms with E-state index in [1.807, 2.05) is 16.8 Å². The van der Waals surface area contributed by atoms with Crippen LogP contribution in [0.4, 0.5) is 11.6 Å². The summed E-state index contributed by atoms with van der Waals surface area (Å²) in [6.07, 6.45) is 7.91. The molecule has 7 nitrogen and oxygen atoms in total. The number of nitrogen functional groups attached to an aromatic ring is 1. The SMILES string of the molecule is CN1CCCC(N(C)c2nc(NN)cn3ccnc23)C1. The van der Waals surface area contributed by atoms with Gasteiger partial charge in [-0.15, -0.1) is 0 Å². The minimum atomic E-state index is 0.453. The molecule has 0 amide bonds. The van der Waals surface area contributed by atoms with Gasteiger partial charge in [-0.1, -0.05) is 0 Å². The highest BCUT2D eigenvalue weighted by atomic mass is 15.3. The molecule has 0 bridgehead atoms. The Morgan fingerprint density at radius 3 is 3.10 bits per heavy atom. The maximum absolute atomic E-state index is 5.51. The summed E-state index contributed by atoms with van der Waals surface area (Å²) in [5.74, 6) is 7.01. The van der Waals surface area contributed by atoms with Crippen molar-refractivity contribution in [1.29, 1.82) is 0 Å². The molecular formula is C13H21N7. The van der Waals surface area contributed by atoms with Crippen molar-refractivity contribution in [2.45, 2.75) is 18.9 Å². The number of rotatable bonds is 3. The molecule has 0 spiro atoms. The molecular weight excluding hydrogens is 254 g/mol. The number of nitrogens with one attached hydrogen (secondary N) is 1. The first-order valence-electron chi connectivity index (χ1n) is 6.90. The summed E-state index contributed by atoms with van der Waals surface area (Å²) in [7, 11) is 4.25. The maximum Gasteiger partial charge on any atom is 0.180 e. The third-order valence-electron chi connectivity index (χ3n) is 3.99. The van der Waals surface area contributed by atoms with Gasteiger partial charge in [0.15, 0.2) is 17.3 Å². The van der Waals surface area contributed by atoms with Gasteiger partial charge in [-0.3, -0.25) is 0 Å². The summed E-state index contributed by atoms with van der Waals surface area (Å²) in [5, 5.41) is 0. The molecule has 1 fully saturated rings. The Hall–Kier alpha value is -1.86. The van der Waals surface area contributed by atoms with Crippen molar-refractivity contribution < 1.29 is 0 Å². The van der Waals surface area contributed by atoms with Crippen molar-refractivity contribution in [1.82, 2.24) is 19.3 Å².